The molecule has 0 aromatic heterocycles. The van der Waals surface area contributed by atoms with Crippen LogP contribution in [0.25, 0.3) is 0 Å². The first-order valence-corrected chi connectivity index (χ1v) is 4.95. The normalized spacial score (nSPS) is 39.8. The van der Waals surface area contributed by atoms with E-state index in [9.17, 15) is 9.59 Å². The van der Waals surface area contributed by atoms with E-state index in [-0.39, 0.29) is 17.8 Å². The molecule has 1 N–H and O–H groups in total. The van der Waals surface area contributed by atoms with Gasteiger partial charge in [-0.25, -0.2) is 0 Å². The van der Waals surface area contributed by atoms with Gasteiger partial charge in [0, 0.05) is 0 Å². The summed E-state index contributed by atoms with van der Waals surface area (Å²) >= 11 is 0. The number of hydrogen-bond donors (Lipinski definition) is 1. The van der Waals surface area contributed by atoms with Gasteiger partial charge >= 0.3 is 11.9 Å². The van der Waals surface area contributed by atoms with Crippen molar-refractivity contribution in [2.45, 2.75) is 19.3 Å². The number of carbonyl (C=O) groups is 2. The smallest absolute Gasteiger partial charge is 0.309 e. The van der Waals surface area contributed by atoms with Crippen molar-refractivity contribution < 1.29 is 19.4 Å². The average molecular weight is 198 g/mol. The highest BCUT2D eigenvalue weighted by Gasteiger charge is 2.54. The molecule has 0 spiro atoms. The van der Waals surface area contributed by atoms with Crippen molar-refractivity contribution in [2.75, 3.05) is 7.11 Å². The predicted molar refractivity (Wildman–Crippen MR) is 47.5 cm³/mol. The highest BCUT2D eigenvalue weighted by molar-refractivity contribution is 5.82. The maximum absolute atomic E-state index is 11.4. The molecule has 78 valence electrons. The molecule has 2 saturated carbocycles. The first-order chi connectivity index (χ1) is 6.65. The molecule has 0 aromatic carbocycles. The molecule has 0 heterocycles. The van der Waals surface area contributed by atoms with E-state index in [1.54, 1.807) is 0 Å². The third kappa shape index (κ3) is 1.21. The molecule has 0 aromatic rings. The minimum atomic E-state index is -0.840. The van der Waals surface area contributed by atoms with Crippen molar-refractivity contribution in [3.63, 3.8) is 0 Å². The van der Waals surface area contributed by atoms with E-state index in [4.69, 9.17) is 5.11 Å². The van der Waals surface area contributed by atoms with Gasteiger partial charge in [-0.1, -0.05) is 0 Å². The van der Waals surface area contributed by atoms with E-state index in [0.29, 0.717) is 0 Å². The summed E-state index contributed by atoms with van der Waals surface area (Å²) in [6, 6.07) is 0. The van der Waals surface area contributed by atoms with Gasteiger partial charge in [0.15, 0.2) is 0 Å². The summed E-state index contributed by atoms with van der Waals surface area (Å²) in [6.07, 6.45) is 2.82. The Morgan fingerprint density at radius 1 is 1.21 bits per heavy atom. The molecule has 2 aliphatic rings. The Morgan fingerprint density at radius 3 is 2.29 bits per heavy atom. The zero-order valence-corrected chi connectivity index (χ0v) is 8.10. The zero-order valence-electron chi connectivity index (χ0n) is 8.10. The Labute approximate surface area is 82.2 Å². The van der Waals surface area contributed by atoms with Crippen LogP contribution in [-0.4, -0.2) is 24.2 Å². The van der Waals surface area contributed by atoms with E-state index in [1.165, 1.54) is 7.11 Å². The number of rotatable bonds is 2. The number of aliphatic carboxylic acids is 1. The first kappa shape index (κ1) is 9.49. The maximum Gasteiger partial charge on any atom is 0.309 e. The van der Waals surface area contributed by atoms with Crippen LogP contribution >= 0.6 is 0 Å². The standard InChI is InChI=1S/C10H14O4/c1-14-10(13)8-6-3-2-5(4-6)7(8)9(11)12/h5-8H,2-4H2,1H3,(H,11,12)/t5-,6+,7-,8-/m0/s1. The van der Waals surface area contributed by atoms with Gasteiger partial charge in [0.25, 0.3) is 0 Å². The quantitative estimate of drug-likeness (QED) is 0.670. The molecule has 0 amide bonds. The molecule has 4 nitrogen and oxygen atoms in total. The fourth-order valence-electron chi connectivity index (χ4n) is 3.12. The van der Waals surface area contributed by atoms with E-state index < -0.39 is 17.8 Å². The lowest BCUT2D eigenvalue weighted by Gasteiger charge is -2.25. The molecular weight excluding hydrogens is 184 g/mol. The Kier molecular flexibility index (Phi) is 2.21. The molecule has 14 heavy (non-hydrogen) atoms. The van der Waals surface area contributed by atoms with Crippen LogP contribution in [0.15, 0.2) is 0 Å². The summed E-state index contributed by atoms with van der Waals surface area (Å²) in [4.78, 5) is 22.4. The van der Waals surface area contributed by atoms with Crippen LogP contribution < -0.4 is 0 Å². The van der Waals surface area contributed by atoms with Crippen LogP contribution in [-0.2, 0) is 14.3 Å². The Bertz CT molecular complexity index is 273. The number of esters is 1. The van der Waals surface area contributed by atoms with Crippen molar-refractivity contribution in [1.82, 2.24) is 0 Å². The number of carboxylic acid groups (broad SMARTS) is 1. The second kappa shape index (κ2) is 3.26. The average Bonchev–Trinajstić information content (AvgIpc) is 2.74. The Balaban J connectivity index is 2.21. The van der Waals surface area contributed by atoms with Gasteiger partial charge in [-0.3, -0.25) is 9.59 Å². The number of hydrogen-bond acceptors (Lipinski definition) is 3. The van der Waals surface area contributed by atoms with Gasteiger partial charge in [0.1, 0.15) is 0 Å². The van der Waals surface area contributed by atoms with Crippen molar-refractivity contribution in [3.05, 3.63) is 0 Å². The van der Waals surface area contributed by atoms with E-state index in [2.05, 4.69) is 4.74 Å². The van der Waals surface area contributed by atoms with Crippen LogP contribution in [0.3, 0.4) is 0 Å². The minimum Gasteiger partial charge on any atom is -0.481 e. The number of carboxylic acids is 1. The lowest BCUT2D eigenvalue weighted by molar-refractivity contribution is -0.158. The first-order valence-electron chi connectivity index (χ1n) is 4.95. The molecule has 4 heteroatoms. The largest absolute Gasteiger partial charge is 0.481 e. The van der Waals surface area contributed by atoms with Crippen LogP contribution in [0.4, 0.5) is 0 Å². The van der Waals surface area contributed by atoms with Gasteiger partial charge in [0.05, 0.1) is 18.9 Å². The van der Waals surface area contributed by atoms with Gasteiger partial charge in [0.2, 0.25) is 0 Å². The van der Waals surface area contributed by atoms with Gasteiger partial charge in [-0.05, 0) is 31.1 Å². The number of fused-ring (bicyclic) bond motifs is 2. The molecule has 0 unspecified atom stereocenters. The van der Waals surface area contributed by atoms with Crippen molar-refractivity contribution in [3.8, 4) is 0 Å². The summed E-state index contributed by atoms with van der Waals surface area (Å²) in [6.45, 7) is 0. The molecular formula is C10H14O4. The van der Waals surface area contributed by atoms with E-state index in [1.807, 2.05) is 0 Å². The molecule has 0 aliphatic heterocycles. The predicted octanol–water partition coefficient (Wildman–Crippen LogP) is 0.906. The summed E-state index contributed by atoms with van der Waals surface area (Å²) in [5.74, 6) is -1.63. The summed E-state index contributed by atoms with van der Waals surface area (Å²) in [7, 11) is 1.33. The van der Waals surface area contributed by atoms with Crippen molar-refractivity contribution in [2.24, 2.45) is 23.7 Å². The second-order valence-corrected chi connectivity index (χ2v) is 4.25. The molecule has 0 radical (unpaired) electrons. The lowest BCUT2D eigenvalue weighted by atomic mass is 9.79. The van der Waals surface area contributed by atoms with Gasteiger partial charge in [-0.15, -0.1) is 0 Å². The number of ether oxygens (including phenoxy) is 1. The summed E-state index contributed by atoms with van der Waals surface area (Å²) in [5, 5.41) is 9.04. The molecule has 0 saturated heterocycles. The SMILES string of the molecule is COC(=O)[C@H]1[C@@H]2CC[C@@H](C2)[C@@H]1C(=O)O. The van der Waals surface area contributed by atoms with Crippen LogP contribution in [0.2, 0.25) is 0 Å². The van der Waals surface area contributed by atoms with Crippen molar-refractivity contribution >= 4 is 11.9 Å². The monoisotopic (exact) mass is 198 g/mol. The van der Waals surface area contributed by atoms with Gasteiger partial charge in [-0.2, -0.15) is 0 Å². The summed E-state index contributed by atoms with van der Waals surface area (Å²) in [5.41, 5.74) is 0. The Hall–Kier alpha value is -1.06. The fourth-order valence-corrected chi connectivity index (χ4v) is 3.12. The molecule has 2 fully saturated rings. The number of carbonyl (C=O) groups excluding carboxylic acids is 1. The zero-order chi connectivity index (χ0) is 10.3. The van der Waals surface area contributed by atoms with E-state index in [0.717, 1.165) is 19.3 Å². The lowest BCUT2D eigenvalue weighted by Crippen LogP contribution is -2.35. The number of methoxy groups -OCH3 is 1. The van der Waals surface area contributed by atoms with Gasteiger partial charge < -0.3 is 9.84 Å². The highest BCUT2D eigenvalue weighted by Crippen LogP contribution is 2.52. The van der Waals surface area contributed by atoms with Crippen LogP contribution in [0.1, 0.15) is 19.3 Å². The van der Waals surface area contributed by atoms with Crippen molar-refractivity contribution in [1.29, 1.82) is 0 Å². The van der Waals surface area contributed by atoms with Crippen LogP contribution in [0, 0.1) is 23.7 Å². The molecule has 2 aliphatic carbocycles. The molecule has 4 atom stereocenters. The minimum absolute atomic E-state index is 0.196. The van der Waals surface area contributed by atoms with Crippen LogP contribution in [0.5, 0.6) is 0 Å². The molecule has 2 rings (SSSR count). The third-order valence-corrected chi connectivity index (χ3v) is 3.67. The fraction of sp³-hybridized carbons (Fsp3) is 0.800. The summed E-state index contributed by atoms with van der Waals surface area (Å²) < 4.78 is 4.66. The highest BCUT2D eigenvalue weighted by atomic mass is 16.5. The third-order valence-electron chi connectivity index (χ3n) is 3.67. The Morgan fingerprint density at radius 2 is 1.79 bits per heavy atom. The molecule has 2 bridgehead atoms. The van der Waals surface area contributed by atoms with E-state index >= 15 is 0 Å². The maximum atomic E-state index is 11.4. The second-order valence-electron chi connectivity index (χ2n) is 4.25. The topological polar surface area (TPSA) is 63.6 Å².